The van der Waals surface area contributed by atoms with Gasteiger partial charge < -0.3 is 5.32 Å². The van der Waals surface area contributed by atoms with Crippen LogP contribution in [0.15, 0.2) is 42.5 Å². The second-order valence-corrected chi connectivity index (χ2v) is 5.31. The fourth-order valence-electron chi connectivity index (χ4n) is 2.49. The van der Waals surface area contributed by atoms with Gasteiger partial charge in [-0.25, -0.2) is 4.98 Å². The number of benzene rings is 2. The quantitative estimate of drug-likeness (QED) is 0.614. The molecule has 1 N–H and O–H groups in total. The van der Waals surface area contributed by atoms with E-state index in [9.17, 15) is 0 Å². The minimum Gasteiger partial charge on any atom is -0.337 e. The zero-order valence-electron chi connectivity index (χ0n) is 12.3. The van der Waals surface area contributed by atoms with Gasteiger partial charge in [0.25, 0.3) is 0 Å². The summed E-state index contributed by atoms with van der Waals surface area (Å²) in [7, 11) is 0. The van der Waals surface area contributed by atoms with Gasteiger partial charge in [0.15, 0.2) is 5.82 Å². The number of tetrazole rings is 1. The summed E-state index contributed by atoms with van der Waals surface area (Å²) < 4.78 is 1.72. The molecule has 0 atom stereocenters. The maximum atomic E-state index is 4.68. The van der Waals surface area contributed by atoms with Crippen LogP contribution in [0.5, 0.6) is 0 Å². The number of para-hydroxylation sites is 1. The van der Waals surface area contributed by atoms with E-state index in [1.807, 2.05) is 56.3 Å². The van der Waals surface area contributed by atoms with E-state index in [4.69, 9.17) is 0 Å². The Bertz CT molecular complexity index is 988. The Balaban J connectivity index is 1.95. The first-order chi connectivity index (χ1) is 10.7. The summed E-state index contributed by atoms with van der Waals surface area (Å²) in [6.45, 7) is 4.08. The highest BCUT2D eigenvalue weighted by Gasteiger charge is 2.12. The zero-order valence-corrected chi connectivity index (χ0v) is 12.3. The molecule has 0 saturated carbocycles. The van der Waals surface area contributed by atoms with Crippen LogP contribution in [0.1, 0.15) is 11.1 Å². The van der Waals surface area contributed by atoms with Gasteiger partial charge in [-0.1, -0.05) is 24.3 Å². The summed E-state index contributed by atoms with van der Waals surface area (Å²) >= 11 is 0. The highest BCUT2D eigenvalue weighted by Crippen LogP contribution is 2.24. The molecule has 0 fully saturated rings. The molecule has 0 radical (unpaired) electrons. The number of fused-ring (bicyclic) bond motifs is 3. The van der Waals surface area contributed by atoms with E-state index in [0.717, 1.165) is 27.8 Å². The Morgan fingerprint density at radius 2 is 1.91 bits per heavy atom. The second kappa shape index (κ2) is 4.77. The molecular formula is C16H14N6. The fraction of sp³-hybridized carbons (Fsp3) is 0.125. The van der Waals surface area contributed by atoms with Crippen molar-refractivity contribution in [3.05, 3.63) is 53.6 Å². The van der Waals surface area contributed by atoms with Crippen molar-refractivity contribution >= 4 is 28.2 Å². The van der Waals surface area contributed by atoms with Crippen LogP contribution in [0.3, 0.4) is 0 Å². The number of hydrogen-bond acceptors (Lipinski definition) is 5. The van der Waals surface area contributed by atoms with Gasteiger partial charge in [-0.15, -0.1) is 5.10 Å². The molecule has 0 amide bonds. The Kier molecular flexibility index (Phi) is 2.75. The Morgan fingerprint density at radius 1 is 1.05 bits per heavy atom. The van der Waals surface area contributed by atoms with Crippen LogP contribution < -0.4 is 5.32 Å². The monoisotopic (exact) mass is 290 g/mol. The number of hydrogen-bond donors (Lipinski definition) is 1. The highest BCUT2D eigenvalue weighted by molar-refractivity contribution is 5.84. The van der Waals surface area contributed by atoms with Gasteiger partial charge in [0.2, 0.25) is 5.65 Å². The molecule has 0 unspecified atom stereocenters. The third-order valence-electron chi connectivity index (χ3n) is 3.67. The van der Waals surface area contributed by atoms with Crippen LogP contribution >= 0.6 is 0 Å². The largest absolute Gasteiger partial charge is 0.337 e. The van der Waals surface area contributed by atoms with Crippen LogP contribution in [-0.4, -0.2) is 25.0 Å². The molecule has 0 aliphatic carbocycles. The Morgan fingerprint density at radius 3 is 2.77 bits per heavy atom. The normalized spacial score (nSPS) is 11.2. The lowest BCUT2D eigenvalue weighted by atomic mass is 10.2. The van der Waals surface area contributed by atoms with Gasteiger partial charge in [0.1, 0.15) is 0 Å². The molecule has 0 aliphatic heterocycles. The summed E-state index contributed by atoms with van der Waals surface area (Å²) in [4.78, 5) is 4.68. The van der Waals surface area contributed by atoms with Gasteiger partial charge in [-0.2, -0.15) is 4.52 Å². The van der Waals surface area contributed by atoms with E-state index in [0.29, 0.717) is 11.5 Å². The van der Waals surface area contributed by atoms with Gasteiger partial charge >= 0.3 is 0 Å². The summed E-state index contributed by atoms with van der Waals surface area (Å²) in [5.41, 5.74) is 5.63. The van der Waals surface area contributed by atoms with E-state index < -0.39 is 0 Å². The first kappa shape index (κ1) is 12.7. The van der Waals surface area contributed by atoms with Crippen molar-refractivity contribution in [1.29, 1.82) is 0 Å². The second-order valence-electron chi connectivity index (χ2n) is 5.31. The average molecular weight is 290 g/mol. The van der Waals surface area contributed by atoms with Crippen molar-refractivity contribution < 1.29 is 0 Å². The lowest BCUT2D eigenvalue weighted by molar-refractivity contribution is 0.840. The average Bonchev–Trinajstić information content (AvgIpc) is 3.00. The number of anilines is 2. The van der Waals surface area contributed by atoms with E-state index in [2.05, 4.69) is 25.8 Å². The lowest BCUT2D eigenvalue weighted by Crippen LogP contribution is -2.02. The molecule has 6 nitrogen and oxygen atoms in total. The van der Waals surface area contributed by atoms with E-state index >= 15 is 0 Å². The van der Waals surface area contributed by atoms with Crippen LogP contribution in [0.2, 0.25) is 0 Å². The molecule has 2 aromatic heterocycles. The molecule has 0 saturated heterocycles. The standard InChI is InChI=1S/C16H14N6/c1-10-7-8-13-14(9-10)22-16(19-20-21-22)15(18-13)17-12-6-4-3-5-11(12)2/h3-9H,1-2H3,(H,17,18). The molecule has 6 heteroatoms. The van der Waals surface area contributed by atoms with Crippen molar-refractivity contribution in [3.63, 3.8) is 0 Å². The van der Waals surface area contributed by atoms with E-state index in [1.54, 1.807) is 4.52 Å². The summed E-state index contributed by atoms with van der Waals surface area (Å²) in [6, 6.07) is 14.1. The number of rotatable bonds is 2. The smallest absolute Gasteiger partial charge is 0.222 e. The van der Waals surface area contributed by atoms with Crippen molar-refractivity contribution in [3.8, 4) is 0 Å². The fourth-order valence-corrected chi connectivity index (χ4v) is 2.49. The van der Waals surface area contributed by atoms with Crippen molar-refractivity contribution in [1.82, 2.24) is 25.0 Å². The van der Waals surface area contributed by atoms with Crippen LogP contribution in [0, 0.1) is 13.8 Å². The van der Waals surface area contributed by atoms with Crippen LogP contribution in [0.25, 0.3) is 16.7 Å². The number of nitrogens with zero attached hydrogens (tertiary/aromatic N) is 5. The van der Waals surface area contributed by atoms with Crippen molar-refractivity contribution in [2.45, 2.75) is 13.8 Å². The Labute approximate surface area is 126 Å². The topological polar surface area (TPSA) is 68.0 Å². The third-order valence-corrected chi connectivity index (χ3v) is 3.67. The number of aryl methyl sites for hydroxylation is 2. The molecule has 108 valence electrons. The van der Waals surface area contributed by atoms with Gasteiger partial charge in [-0.3, -0.25) is 0 Å². The maximum Gasteiger partial charge on any atom is 0.222 e. The molecule has 0 aliphatic rings. The first-order valence-corrected chi connectivity index (χ1v) is 7.03. The molecule has 0 bridgehead atoms. The predicted molar refractivity (Wildman–Crippen MR) is 85.3 cm³/mol. The summed E-state index contributed by atoms with van der Waals surface area (Å²) in [6.07, 6.45) is 0. The van der Waals surface area contributed by atoms with Crippen LogP contribution in [-0.2, 0) is 0 Å². The molecule has 4 aromatic rings. The van der Waals surface area contributed by atoms with Crippen LogP contribution in [0.4, 0.5) is 11.5 Å². The lowest BCUT2D eigenvalue weighted by Gasteiger charge is -2.10. The maximum absolute atomic E-state index is 4.68. The SMILES string of the molecule is Cc1ccc2nc(Nc3ccccc3C)c3nnnn3c2c1. The van der Waals surface area contributed by atoms with Gasteiger partial charge in [-0.05, 0) is 53.6 Å². The van der Waals surface area contributed by atoms with E-state index in [-0.39, 0.29) is 0 Å². The number of aromatic nitrogens is 5. The highest BCUT2D eigenvalue weighted by atomic mass is 15.5. The first-order valence-electron chi connectivity index (χ1n) is 7.03. The van der Waals surface area contributed by atoms with Gasteiger partial charge in [0.05, 0.1) is 11.0 Å². The molecule has 0 spiro atoms. The Hall–Kier alpha value is -3.02. The molecule has 4 rings (SSSR count). The van der Waals surface area contributed by atoms with E-state index in [1.165, 1.54) is 0 Å². The molecule has 22 heavy (non-hydrogen) atoms. The van der Waals surface area contributed by atoms with Crippen molar-refractivity contribution in [2.24, 2.45) is 0 Å². The summed E-state index contributed by atoms with van der Waals surface area (Å²) in [5, 5.41) is 15.3. The predicted octanol–water partition coefficient (Wildman–Crippen LogP) is 3.03. The molecular weight excluding hydrogens is 276 g/mol. The van der Waals surface area contributed by atoms with Crippen molar-refractivity contribution in [2.75, 3.05) is 5.32 Å². The van der Waals surface area contributed by atoms with Gasteiger partial charge in [0, 0.05) is 5.69 Å². The minimum absolute atomic E-state index is 0.612. The molecule has 2 heterocycles. The molecule has 2 aromatic carbocycles. The minimum atomic E-state index is 0.612. The third kappa shape index (κ3) is 1.96. The summed E-state index contributed by atoms with van der Waals surface area (Å²) in [5.74, 6) is 0.649. The zero-order chi connectivity index (χ0) is 15.1. The number of nitrogens with one attached hydrogen (secondary N) is 1.